The predicted octanol–water partition coefficient (Wildman–Crippen LogP) is 5.77. The molecule has 0 saturated heterocycles. The molecule has 2 aromatic heterocycles. The quantitative estimate of drug-likeness (QED) is 0.189. The molecule has 0 fully saturated rings. The molecule has 0 aliphatic rings. The highest BCUT2D eigenvalue weighted by Gasteiger charge is 2.16. The molecule has 0 unspecified atom stereocenters. The zero-order chi connectivity index (χ0) is 27.6. The van der Waals surface area contributed by atoms with Crippen molar-refractivity contribution in [1.82, 2.24) is 14.8 Å². The van der Waals surface area contributed by atoms with Gasteiger partial charge >= 0.3 is 5.97 Å². The average molecular weight is 534 g/mol. The lowest BCUT2D eigenvalue weighted by Crippen LogP contribution is -2.05. The first-order valence-corrected chi connectivity index (χ1v) is 13.3. The van der Waals surface area contributed by atoms with Gasteiger partial charge in [0.1, 0.15) is 18.1 Å². The van der Waals surface area contributed by atoms with Crippen molar-refractivity contribution in [2.75, 3.05) is 19.8 Å². The molecule has 0 spiro atoms. The zero-order valence-electron chi connectivity index (χ0n) is 22.9. The first-order valence-electron chi connectivity index (χ1n) is 13.3. The fraction of sp³-hybridized carbons (Fsp3) is 0.367. The maximum Gasteiger partial charge on any atom is 0.306 e. The third kappa shape index (κ3) is 7.40. The Balaban J connectivity index is 1.46. The van der Waals surface area contributed by atoms with Crippen molar-refractivity contribution in [2.24, 2.45) is 0 Å². The van der Waals surface area contributed by atoms with Crippen LogP contribution in [0.3, 0.4) is 0 Å². The average Bonchev–Trinajstić information content (AvgIpc) is 3.50. The minimum Gasteiger partial charge on any atom is -0.490 e. The molecule has 0 bridgehead atoms. The highest BCUT2D eigenvalue weighted by atomic mass is 16.5. The lowest BCUT2D eigenvalue weighted by atomic mass is 10.2. The number of aromatic nitrogens is 3. The minimum absolute atomic E-state index is 0.234. The van der Waals surface area contributed by atoms with Gasteiger partial charge in [-0.2, -0.15) is 0 Å². The number of ether oxygens (including phenoxy) is 4. The Hall–Kier alpha value is -4.27. The molecule has 4 rings (SSSR count). The van der Waals surface area contributed by atoms with Crippen LogP contribution in [0, 0.1) is 6.92 Å². The summed E-state index contributed by atoms with van der Waals surface area (Å²) in [6, 6.07) is 15.6. The molecule has 9 heteroatoms. The predicted molar refractivity (Wildman–Crippen MR) is 146 cm³/mol. The van der Waals surface area contributed by atoms with E-state index in [1.54, 1.807) is 11.6 Å². The van der Waals surface area contributed by atoms with E-state index in [2.05, 4.69) is 10.1 Å². The SMILES string of the molecule is CCOC(=O)CCc1cn(Cc2ccc(OCc3nc(-c4ccccc4)oc3C)c(OCC)c2)nc1OCC. The molecule has 0 atom stereocenters. The summed E-state index contributed by atoms with van der Waals surface area (Å²) in [6.45, 7) is 9.62. The summed E-state index contributed by atoms with van der Waals surface area (Å²) in [7, 11) is 0. The highest BCUT2D eigenvalue weighted by Crippen LogP contribution is 2.31. The molecule has 9 nitrogen and oxygen atoms in total. The number of oxazole rings is 1. The molecule has 0 aliphatic carbocycles. The number of hydrogen-bond donors (Lipinski definition) is 0. The fourth-order valence-electron chi connectivity index (χ4n) is 4.06. The monoisotopic (exact) mass is 533 g/mol. The van der Waals surface area contributed by atoms with Gasteiger partial charge in [-0.05, 0) is 63.9 Å². The topological polar surface area (TPSA) is 97.8 Å². The summed E-state index contributed by atoms with van der Waals surface area (Å²) >= 11 is 0. The van der Waals surface area contributed by atoms with Crippen molar-refractivity contribution in [1.29, 1.82) is 0 Å². The van der Waals surface area contributed by atoms with Crippen molar-refractivity contribution in [3.63, 3.8) is 0 Å². The minimum atomic E-state index is -0.234. The second kappa shape index (κ2) is 13.5. The summed E-state index contributed by atoms with van der Waals surface area (Å²) in [5.41, 5.74) is 3.50. The van der Waals surface area contributed by atoms with Gasteiger partial charge in [-0.3, -0.25) is 9.48 Å². The molecular weight excluding hydrogens is 498 g/mol. The van der Waals surface area contributed by atoms with Gasteiger partial charge in [0, 0.05) is 23.7 Å². The molecule has 2 heterocycles. The number of benzene rings is 2. The van der Waals surface area contributed by atoms with E-state index in [-0.39, 0.29) is 19.0 Å². The van der Waals surface area contributed by atoms with Crippen LogP contribution in [0.15, 0.2) is 59.1 Å². The Morgan fingerprint density at radius 1 is 0.949 bits per heavy atom. The first-order chi connectivity index (χ1) is 19.0. The Morgan fingerprint density at radius 3 is 2.49 bits per heavy atom. The molecule has 39 heavy (non-hydrogen) atoms. The van der Waals surface area contributed by atoms with Crippen LogP contribution >= 0.6 is 0 Å². The van der Waals surface area contributed by atoms with Crippen LogP contribution < -0.4 is 14.2 Å². The fourth-order valence-corrected chi connectivity index (χ4v) is 4.06. The van der Waals surface area contributed by atoms with Gasteiger partial charge in [-0.25, -0.2) is 4.98 Å². The van der Waals surface area contributed by atoms with Crippen molar-refractivity contribution in [3.05, 3.63) is 77.3 Å². The van der Waals surface area contributed by atoms with Crippen molar-refractivity contribution in [3.8, 4) is 28.8 Å². The molecule has 0 aliphatic heterocycles. The zero-order valence-corrected chi connectivity index (χ0v) is 22.9. The lowest BCUT2D eigenvalue weighted by Gasteiger charge is -2.13. The van der Waals surface area contributed by atoms with Crippen LogP contribution in [0.25, 0.3) is 11.5 Å². The van der Waals surface area contributed by atoms with E-state index >= 15 is 0 Å². The van der Waals surface area contributed by atoms with Gasteiger partial charge in [-0.1, -0.05) is 24.3 Å². The van der Waals surface area contributed by atoms with Gasteiger partial charge < -0.3 is 23.4 Å². The van der Waals surface area contributed by atoms with E-state index in [4.69, 9.17) is 23.4 Å². The van der Waals surface area contributed by atoms with Gasteiger partial charge in [0.25, 0.3) is 0 Å². The molecular formula is C30H35N3O6. The van der Waals surface area contributed by atoms with Crippen LogP contribution in [0.2, 0.25) is 0 Å². The lowest BCUT2D eigenvalue weighted by molar-refractivity contribution is -0.143. The third-order valence-corrected chi connectivity index (χ3v) is 5.91. The van der Waals surface area contributed by atoms with Crippen molar-refractivity contribution < 1.29 is 28.2 Å². The third-order valence-electron chi connectivity index (χ3n) is 5.91. The van der Waals surface area contributed by atoms with Gasteiger partial charge in [0.05, 0.1) is 26.4 Å². The molecule has 2 aromatic carbocycles. The standard InChI is InChI=1S/C30H35N3O6/c1-5-35-27-17-22(18-33-19-24(30(32-33)37-7-3)14-16-28(34)36-6-2)13-15-26(27)38-20-25-21(4)39-29(31-25)23-11-9-8-10-12-23/h8-13,15,17,19H,5-7,14,16,18,20H2,1-4H3. The van der Waals surface area contributed by atoms with Crippen LogP contribution in [0.1, 0.15) is 49.8 Å². The smallest absolute Gasteiger partial charge is 0.306 e. The molecule has 4 aromatic rings. The molecule has 0 amide bonds. The van der Waals surface area contributed by atoms with E-state index in [0.29, 0.717) is 61.8 Å². The van der Waals surface area contributed by atoms with Crippen molar-refractivity contribution >= 4 is 5.97 Å². The largest absolute Gasteiger partial charge is 0.490 e. The van der Waals surface area contributed by atoms with Gasteiger partial charge in [0.2, 0.25) is 11.8 Å². The second-order valence-corrected chi connectivity index (χ2v) is 8.79. The van der Waals surface area contributed by atoms with Gasteiger partial charge in [-0.15, -0.1) is 5.10 Å². The van der Waals surface area contributed by atoms with Crippen LogP contribution in [-0.2, 0) is 29.1 Å². The number of carbonyl (C=O) groups is 1. The highest BCUT2D eigenvalue weighted by molar-refractivity contribution is 5.69. The number of carbonyl (C=O) groups excluding carboxylic acids is 1. The molecule has 0 radical (unpaired) electrons. The van der Waals surface area contributed by atoms with Crippen LogP contribution in [-0.4, -0.2) is 40.6 Å². The summed E-state index contributed by atoms with van der Waals surface area (Å²) in [5.74, 6) is 2.84. The summed E-state index contributed by atoms with van der Waals surface area (Å²) in [4.78, 5) is 16.4. The van der Waals surface area contributed by atoms with Crippen LogP contribution in [0.5, 0.6) is 17.4 Å². The Bertz CT molecular complexity index is 1360. The molecule has 0 N–H and O–H groups in total. The van der Waals surface area contributed by atoms with E-state index < -0.39 is 0 Å². The van der Waals surface area contributed by atoms with E-state index in [0.717, 1.165) is 22.4 Å². The molecule has 206 valence electrons. The second-order valence-electron chi connectivity index (χ2n) is 8.79. The van der Waals surface area contributed by atoms with E-state index in [9.17, 15) is 4.79 Å². The molecule has 0 saturated carbocycles. The van der Waals surface area contributed by atoms with Crippen LogP contribution in [0.4, 0.5) is 0 Å². The number of aryl methyl sites for hydroxylation is 2. The maximum absolute atomic E-state index is 11.8. The summed E-state index contributed by atoms with van der Waals surface area (Å²) in [6.07, 6.45) is 2.68. The number of nitrogens with zero attached hydrogens (tertiary/aromatic N) is 3. The van der Waals surface area contributed by atoms with Crippen molar-refractivity contribution in [2.45, 2.75) is 53.7 Å². The Morgan fingerprint density at radius 2 is 1.74 bits per heavy atom. The van der Waals surface area contributed by atoms with E-state index in [1.807, 2.05) is 75.5 Å². The Labute approximate surface area is 228 Å². The van der Waals surface area contributed by atoms with Gasteiger partial charge in [0.15, 0.2) is 11.5 Å². The van der Waals surface area contributed by atoms with E-state index in [1.165, 1.54) is 0 Å². The first kappa shape index (κ1) is 27.8. The summed E-state index contributed by atoms with van der Waals surface area (Å²) in [5, 5.41) is 4.58. The number of esters is 1. The summed E-state index contributed by atoms with van der Waals surface area (Å²) < 4.78 is 30.4. The number of hydrogen-bond acceptors (Lipinski definition) is 8. The number of rotatable bonds is 14. The maximum atomic E-state index is 11.8. The normalized spacial score (nSPS) is 10.9. The Kier molecular flexibility index (Phi) is 9.61.